The molecule has 258 valence electrons. The molecule has 0 aromatic heterocycles. The minimum absolute atomic E-state index is 0.0399. The summed E-state index contributed by atoms with van der Waals surface area (Å²) >= 11 is 23.7. The molecule has 0 heterocycles. The molecule has 2 aromatic carbocycles. The van der Waals surface area contributed by atoms with E-state index in [2.05, 4.69) is 24.5 Å². The molecule has 2 atom stereocenters. The molecule has 4 N–H and O–H groups in total. The Bertz CT molecular complexity index is 1350. The summed E-state index contributed by atoms with van der Waals surface area (Å²) in [7, 11) is -0.0196. The number of amides is 2. The smallest absolute Gasteiger partial charge is 0.437 e. The van der Waals surface area contributed by atoms with E-state index in [1.165, 1.54) is 18.2 Å². The van der Waals surface area contributed by atoms with E-state index < -0.39 is 19.0 Å². The van der Waals surface area contributed by atoms with E-state index in [4.69, 9.17) is 51.1 Å². The lowest BCUT2D eigenvalue weighted by Crippen LogP contribution is -2.47. The lowest BCUT2D eigenvalue weighted by molar-refractivity contribution is -0.122. The molecule has 0 saturated heterocycles. The molecule has 0 unspecified atom stereocenters. The summed E-state index contributed by atoms with van der Waals surface area (Å²) < 4.78 is 5.32. The third-order valence-electron chi connectivity index (χ3n) is 7.06. The first-order valence-corrected chi connectivity index (χ1v) is 16.9. The van der Waals surface area contributed by atoms with Crippen molar-refractivity contribution in [1.82, 2.24) is 10.6 Å². The number of benzene rings is 2. The summed E-state index contributed by atoms with van der Waals surface area (Å²) in [6.07, 6.45) is 1.32. The number of carbonyl (C=O) groups is 4. The fourth-order valence-electron chi connectivity index (χ4n) is 4.51. The van der Waals surface area contributed by atoms with Gasteiger partial charge in [0.05, 0.1) is 16.0 Å². The van der Waals surface area contributed by atoms with E-state index in [0.29, 0.717) is 33.0 Å². The van der Waals surface area contributed by atoms with Crippen molar-refractivity contribution < 1.29 is 33.9 Å². The van der Waals surface area contributed by atoms with Gasteiger partial charge in [-0.2, -0.15) is 0 Å². The zero-order valence-electron chi connectivity index (χ0n) is 27.6. The summed E-state index contributed by atoms with van der Waals surface area (Å²) in [5, 5.41) is 25.5. The number of ketones is 2. The van der Waals surface area contributed by atoms with Crippen molar-refractivity contribution in [1.29, 1.82) is 0 Å². The third kappa shape index (κ3) is 16.7. The molecule has 0 bridgehead atoms. The highest BCUT2D eigenvalue weighted by Gasteiger charge is 2.27. The van der Waals surface area contributed by atoms with Crippen LogP contribution in [0.5, 0.6) is 0 Å². The zero-order chi connectivity index (χ0) is 35.8. The van der Waals surface area contributed by atoms with Gasteiger partial charge in [-0.3, -0.25) is 19.2 Å². The highest BCUT2D eigenvalue weighted by molar-refractivity contribution is 6.52. The predicted molar refractivity (Wildman–Crippen MR) is 192 cm³/mol. The van der Waals surface area contributed by atoms with Gasteiger partial charge in [-0.1, -0.05) is 80.9 Å². The summed E-state index contributed by atoms with van der Waals surface area (Å²) in [5.74, 6) is -1.30. The van der Waals surface area contributed by atoms with Crippen LogP contribution in [-0.2, 0) is 14.2 Å². The van der Waals surface area contributed by atoms with Crippen molar-refractivity contribution in [2.24, 2.45) is 11.8 Å². The first-order valence-electron chi connectivity index (χ1n) is 15.4. The number of halogens is 4. The van der Waals surface area contributed by atoms with Crippen LogP contribution in [0.3, 0.4) is 0 Å². The lowest BCUT2D eigenvalue weighted by atomic mass is 9.60. The first kappa shape index (κ1) is 42.9. The Hall–Kier alpha value is -2.11. The van der Waals surface area contributed by atoms with Gasteiger partial charge in [-0.25, -0.2) is 0 Å². The lowest BCUT2D eigenvalue weighted by Gasteiger charge is -2.23. The van der Waals surface area contributed by atoms with Crippen molar-refractivity contribution in [3.8, 4) is 0 Å². The highest BCUT2D eigenvalue weighted by Crippen LogP contribution is 2.23. The largest absolute Gasteiger partial charge is 0.475 e. The summed E-state index contributed by atoms with van der Waals surface area (Å²) in [5.41, 5.74) is 0.619. The Morgan fingerprint density at radius 2 is 1.09 bits per heavy atom. The van der Waals surface area contributed by atoms with Crippen LogP contribution in [0.1, 0.15) is 86.9 Å². The fourth-order valence-corrected chi connectivity index (χ4v) is 5.30. The van der Waals surface area contributed by atoms with Crippen LogP contribution in [0.4, 0.5) is 0 Å². The van der Waals surface area contributed by atoms with Crippen molar-refractivity contribution >= 4 is 83.8 Å². The fraction of sp³-hybridized carbons (Fsp3) is 0.500. The molecule has 0 fully saturated rings. The van der Waals surface area contributed by atoms with Gasteiger partial charge in [0.1, 0.15) is 0 Å². The molecule has 2 aromatic rings. The van der Waals surface area contributed by atoms with E-state index in [1.54, 1.807) is 25.3 Å². The molecule has 0 radical (unpaired) electrons. The zero-order valence-corrected chi connectivity index (χ0v) is 30.6. The second-order valence-corrected chi connectivity index (χ2v) is 13.7. The number of nitrogens with one attached hydrogen (secondary N) is 2. The van der Waals surface area contributed by atoms with E-state index in [1.807, 2.05) is 20.7 Å². The van der Waals surface area contributed by atoms with Crippen LogP contribution in [0.25, 0.3) is 0 Å². The van der Waals surface area contributed by atoms with Gasteiger partial charge in [0.2, 0.25) is 11.8 Å². The van der Waals surface area contributed by atoms with Gasteiger partial charge in [0.15, 0.2) is 11.6 Å². The van der Waals surface area contributed by atoms with Crippen molar-refractivity contribution in [3.63, 3.8) is 0 Å². The van der Waals surface area contributed by atoms with Crippen LogP contribution in [0.2, 0.25) is 26.9 Å². The Kier molecular flexibility index (Phi) is 19.9. The van der Waals surface area contributed by atoms with E-state index >= 15 is 0 Å². The van der Waals surface area contributed by atoms with Gasteiger partial charge < -0.3 is 25.3 Å². The van der Waals surface area contributed by atoms with Crippen LogP contribution >= 0.6 is 46.4 Å². The molecule has 0 saturated carbocycles. The average molecular weight is 732 g/mol. The van der Waals surface area contributed by atoms with Gasteiger partial charge in [0, 0.05) is 59.9 Å². The molecule has 0 aliphatic heterocycles. The Balaban J connectivity index is 0.000000470. The average Bonchev–Trinajstić information content (AvgIpc) is 2.99. The molecule has 0 spiro atoms. The Labute approximate surface area is 298 Å². The quantitative estimate of drug-likeness (QED) is 0.104. The van der Waals surface area contributed by atoms with E-state index in [9.17, 15) is 29.2 Å². The minimum atomic E-state index is -1.64. The maximum absolute atomic E-state index is 12.2. The Morgan fingerprint density at radius 1 is 0.702 bits per heavy atom. The van der Waals surface area contributed by atoms with Gasteiger partial charge >= 0.3 is 14.0 Å². The minimum Gasteiger partial charge on any atom is -0.437 e. The molecule has 47 heavy (non-hydrogen) atoms. The monoisotopic (exact) mass is 730 g/mol. The maximum Gasteiger partial charge on any atom is 0.475 e. The predicted octanol–water partition coefficient (Wildman–Crippen LogP) is 6.79. The summed E-state index contributed by atoms with van der Waals surface area (Å²) in [4.78, 5) is 48.4. The number of carbonyl (C=O) groups excluding carboxylic acids is 4. The van der Waals surface area contributed by atoms with Gasteiger partial charge in [-0.05, 0) is 61.1 Å². The molecule has 15 heteroatoms. The standard InChI is InChI=1S/C17H24BCl2NO3.C15H20BCl2NO4/c1-11(2)9-16(18(3)24-4)21-17(23)8-7-15(22)13-10-12(19)5-6-14(13)20;1-9(2)7-14(16(22)23)19-15(21)6-5-13(20)11-8-10(17)3-4-12(11)18/h5-6,10-11,16H,7-9H2,1-4H3,(H,21,23);3-4,8-9,14,22-23H,5-7H2,1-2H3,(H,19,21)/t16-;14-/m00/s1. The first-order chi connectivity index (χ1) is 21.9. The highest BCUT2D eigenvalue weighted by atomic mass is 35.5. The molecular formula is C32H44B2Cl4N2O7. The van der Waals surface area contributed by atoms with Crippen LogP contribution in [-0.4, -0.2) is 66.5 Å². The number of hydrogen-bond donors (Lipinski definition) is 4. The van der Waals surface area contributed by atoms with Gasteiger partial charge in [0.25, 0.3) is 0 Å². The molecule has 0 aliphatic carbocycles. The van der Waals surface area contributed by atoms with Gasteiger partial charge in [-0.15, -0.1) is 0 Å². The van der Waals surface area contributed by atoms with E-state index in [0.717, 1.165) is 6.42 Å². The second kappa shape index (κ2) is 21.8. The van der Waals surface area contributed by atoms with Crippen LogP contribution < -0.4 is 10.6 Å². The molecule has 0 aliphatic rings. The Morgan fingerprint density at radius 3 is 1.45 bits per heavy atom. The second-order valence-electron chi connectivity index (χ2n) is 12.1. The third-order valence-corrected chi connectivity index (χ3v) is 8.19. The number of Topliss-reactive ketones (excluding diaryl/α,β-unsaturated/α-hetero) is 2. The molecule has 9 nitrogen and oxygen atoms in total. The van der Waals surface area contributed by atoms with Crippen LogP contribution in [0.15, 0.2) is 36.4 Å². The normalized spacial score (nSPS) is 12.1. The topological polar surface area (TPSA) is 142 Å². The SMILES string of the molecule is CC(C)C[C@H](NC(=O)CCC(=O)c1cc(Cl)ccc1Cl)B(O)O.COB(C)[C@H](CC(C)C)NC(=O)CCC(=O)c1cc(Cl)ccc1Cl. The molecule has 2 rings (SSSR count). The molecule has 2 amide bonds. The summed E-state index contributed by atoms with van der Waals surface area (Å²) in [6.45, 7) is 9.83. The van der Waals surface area contributed by atoms with Crippen LogP contribution in [0, 0.1) is 11.8 Å². The molecular weight excluding hydrogens is 688 g/mol. The number of hydrogen-bond acceptors (Lipinski definition) is 7. The van der Waals surface area contributed by atoms with Crippen molar-refractivity contribution in [3.05, 3.63) is 67.6 Å². The van der Waals surface area contributed by atoms with Crippen molar-refractivity contribution in [2.75, 3.05) is 7.11 Å². The summed E-state index contributed by atoms with van der Waals surface area (Å²) in [6, 6.07) is 9.29. The van der Waals surface area contributed by atoms with E-state index in [-0.39, 0.29) is 72.5 Å². The maximum atomic E-state index is 12.2. The van der Waals surface area contributed by atoms with Crippen molar-refractivity contribution in [2.45, 2.75) is 84.9 Å². The number of rotatable bonds is 17.